The van der Waals surface area contributed by atoms with E-state index in [2.05, 4.69) is 148 Å². The van der Waals surface area contributed by atoms with Crippen molar-refractivity contribution < 1.29 is 4.74 Å². The Balaban J connectivity index is 1.00. The molecule has 3 bridgehead atoms. The van der Waals surface area contributed by atoms with Crippen LogP contribution in [0.5, 0.6) is 11.5 Å². The molecular weight excluding hydrogens is 619 g/mol. The molecule has 6 aliphatic rings. The zero-order chi connectivity index (χ0) is 34.3. The molecule has 11 rings (SSSR count). The minimum atomic E-state index is 0.0863. The first kappa shape index (κ1) is 30.3. The summed E-state index contributed by atoms with van der Waals surface area (Å²) in [5, 5.41) is 0. The molecule has 1 heterocycles. The fraction of sp³-hybridized carbons (Fsp3) is 0.388. The molecule has 1 aliphatic heterocycles. The van der Waals surface area contributed by atoms with Crippen molar-refractivity contribution >= 4 is 17.1 Å². The van der Waals surface area contributed by atoms with Crippen molar-refractivity contribution in [3.8, 4) is 22.6 Å². The third-order valence-corrected chi connectivity index (χ3v) is 15.2. The quantitative estimate of drug-likeness (QED) is 0.189. The number of hydrogen-bond donors (Lipinski definition) is 0. The van der Waals surface area contributed by atoms with Gasteiger partial charge in [-0.15, -0.1) is 0 Å². The van der Waals surface area contributed by atoms with Crippen LogP contribution < -0.4 is 9.64 Å². The molecule has 5 aromatic rings. The largest absolute Gasteiger partial charge is 0.457 e. The SMILES string of the molecule is CC1(C)CCC(C)(C)c2cc(N(c3ccccc3)c3ccc(-c4ccc5c(c4)C4(c6ccccc6O5)C5CC6CC7CC4C5(C6)C7)cc3)ccc21. The first-order valence-corrected chi connectivity index (χ1v) is 19.7. The van der Waals surface area contributed by atoms with Gasteiger partial charge >= 0.3 is 0 Å². The average molecular weight is 668 g/mol. The number of nitrogens with zero attached hydrogens (tertiary/aromatic N) is 1. The molecule has 5 aliphatic carbocycles. The first-order valence-electron chi connectivity index (χ1n) is 19.7. The van der Waals surface area contributed by atoms with Crippen LogP contribution in [0.1, 0.15) is 94.9 Å². The number of benzene rings is 5. The fourth-order valence-corrected chi connectivity index (χ4v) is 13.1. The van der Waals surface area contributed by atoms with Gasteiger partial charge in [0.25, 0.3) is 0 Å². The summed E-state index contributed by atoms with van der Waals surface area (Å²) in [6, 6.07) is 43.6. The summed E-state index contributed by atoms with van der Waals surface area (Å²) >= 11 is 0. The third-order valence-electron chi connectivity index (χ3n) is 15.2. The van der Waals surface area contributed by atoms with Crippen LogP contribution in [0.15, 0.2) is 115 Å². The van der Waals surface area contributed by atoms with Gasteiger partial charge in [-0.25, -0.2) is 0 Å². The predicted molar refractivity (Wildman–Crippen MR) is 209 cm³/mol. The Kier molecular flexibility index (Phi) is 6.06. The third kappa shape index (κ3) is 4.00. The summed E-state index contributed by atoms with van der Waals surface area (Å²) in [5.74, 6) is 5.50. The van der Waals surface area contributed by atoms with Crippen LogP contribution in [-0.2, 0) is 16.2 Å². The van der Waals surface area contributed by atoms with Gasteiger partial charge in [-0.3, -0.25) is 0 Å². The molecule has 0 radical (unpaired) electrons. The maximum absolute atomic E-state index is 6.74. The second-order valence-electron chi connectivity index (χ2n) is 18.6. The van der Waals surface area contributed by atoms with Crippen molar-refractivity contribution in [1.82, 2.24) is 0 Å². The van der Waals surface area contributed by atoms with Gasteiger partial charge in [-0.05, 0) is 162 Å². The van der Waals surface area contributed by atoms with E-state index in [4.69, 9.17) is 4.74 Å². The van der Waals surface area contributed by atoms with Crippen molar-refractivity contribution in [3.63, 3.8) is 0 Å². The number of ether oxygens (including phenoxy) is 1. The highest BCUT2D eigenvalue weighted by Gasteiger charge is 2.79. The lowest BCUT2D eigenvalue weighted by Gasteiger charge is -2.66. The van der Waals surface area contributed by atoms with E-state index < -0.39 is 0 Å². The highest BCUT2D eigenvalue weighted by molar-refractivity contribution is 5.80. The number of hydrogen-bond acceptors (Lipinski definition) is 2. The van der Waals surface area contributed by atoms with E-state index in [1.807, 2.05) is 0 Å². The standard InChI is InChI=1S/C49H49NO/c1-46(2)22-23-47(3,4)40-28-37(19-20-38(40)46)50(35-10-6-5-7-11-35)36-17-14-33(15-18-36)34-16-21-43-41(27-34)49(39-12-8-9-13-42(39)51-43)44-25-31-24-32-26-45(49)48(44,29-31)30-32/h5-21,27-28,31-32,44-45H,22-26,29-30H2,1-4H3. The maximum atomic E-state index is 6.74. The van der Waals surface area contributed by atoms with Gasteiger partial charge in [0.15, 0.2) is 0 Å². The molecular formula is C49H49NO. The molecule has 4 atom stereocenters. The van der Waals surface area contributed by atoms with Crippen molar-refractivity contribution in [2.75, 3.05) is 4.90 Å². The van der Waals surface area contributed by atoms with E-state index in [9.17, 15) is 0 Å². The molecule has 2 nitrogen and oxygen atoms in total. The molecule has 256 valence electrons. The van der Waals surface area contributed by atoms with Crippen LogP contribution in [0.4, 0.5) is 17.1 Å². The van der Waals surface area contributed by atoms with E-state index in [-0.39, 0.29) is 16.2 Å². The summed E-state index contributed by atoms with van der Waals surface area (Å²) in [6.07, 6.45) is 9.64. The second kappa shape index (κ2) is 10.2. The molecule has 0 N–H and O–H groups in total. The number of para-hydroxylation sites is 2. The Morgan fingerprint density at radius 2 is 1.12 bits per heavy atom. The minimum Gasteiger partial charge on any atom is -0.457 e. The Morgan fingerprint density at radius 3 is 1.86 bits per heavy atom. The summed E-state index contributed by atoms with van der Waals surface area (Å²) in [4.78, 5) is 2.44. The molecule has 0 saturated heterocycles. The van der Waals surface area contributed by atoms with Crippen molar-refractivity contribution in [2.24, 2.45) is 29.1 Å². The van der Waals surface area contributed by atoms with Crippen molar-refractivity contribution in [3.05, 3.63) is 138 Å². The van der Waals surface area contributed by atoms with E-state index in [1.54, 1.807) is 0 Å². The topological polar surface area (TPSA) is 12.5 Å². The van der Waals surface area contributed by atoms with Crippen LogP contribution in [0, 0.1) is 29.1 Å². The van der Waals surface area contributed by atoms with Gasteiger partial charge < -0.3 is 9.64 Å². The lowest BCUT2D eigenvalue weighted by molar-refractivity contribution is -0.0882. The minimum absolute atomic E-state index is 0.0863. The molecule has 4 fully saturated rings. The Hall–Kier alpha value is -4.30. The smallest absolute Gasteiger partial charge is 0.131 e. The normalized spacial score (nSPS) is 30.8. The molecule has 2 spiro atoms. The van der Waals surface area contributed by atoms with Gasteiger partial charge in [-0.1, -0.05) is 88.4 Å². The summed E-state index contributed by atoms with van der Waals surface area (Å²) in [7, 11) is 0. The van der Waals surface area contributed by atoms with Crippen LogP contribution in [0.25, 0.3) is 11.1 Å². The number of rotatable bonds is 4. The fourth-order valence-electron chi connectivity index (χ4n) is 13.1. The van der Waals surface area contributed by atoms with Crippen molar-refractivity contribution in [2.45, 2.75) is 88.9 Å². The monoisotopic (exact) mass is 667 g/mol. The number of fused-ring (bicyclic) bond motifs is 9. The summed E-state index contributed by atoms with van der Waals surface area (Å²) in [6.45, 7) is 9.66. The van der Waals surface area contributed by atoms with Gasteiger partial charge in [0.2, 0.25) is 0 Å². The molecule has 4 saturated carbocycles. The Morgan fingerprint density at radius 1 is 0.510 bits per heavy atom. The molecule has 5 aromatic carbocycles. The van der Waals surface area contributed by atoms with E-state index >= 15 is 0 Å². The Labute approximate surface area is 303 Å². The van der Waals surface area contributed by atoms with E-state index in [0.29, 0.717) is 5.41 Å². The van der Waals surface area contributed by atoms with Gasteiger partial charge in [0.1, 0.15) is 11.5 Å². The average Bonchev–Trinajstić information content (AvgIpc) is 3.54. The zero-order valence-electron chi connectivity index (χ0n) is 30.6. The van der Waals surface area contributed by atoms with Gasteiger partial charge in [0, 0.05) is 33.6 Å². The highest BCUT2D eigenvalue weighted by Crippen LogP contribution is 2.84. The molecule has 4 unspecified atom stereocenters. The number of anilines is 3. The van der Waals surface area contributed by atoms with Crippen LogP contribution in [0.3, 0.4) is 0 Å². The molecule has 51 heavy (non-hydrogen) atoms. The van der Waals surface area contributed by atoms with E-state index in [1.165, 1.54) is 95.4 Å². The highest BCUT2D eigenvalue weighted by atomic mass is 16.5. The van der Waals surface area contributed by atoms with Crippen LogP contribution in [-0.4, -0.2) is 0 Å². The van der Waals surface area contributed by atoms with Gasteiger partial charge in [0.05, 0.1) is 0 Å². The zero-order valence-corrected chi connectivity index (χ0v) is 30.6. The second-order valence-corrected chi connectivity index (χ2v) is 18.6. The van der Waals surface area contributed by atoms with Crippen LogP contribution >= 0.6 is 0 Å². The summed E-state index contributed by atoms with van der Waals surface area (Å²) < 4.78 is 6.74. The Bertz CT molecular complexity index is 2190. The molecule has 0 amide bonds. The maximum Gasteiger partial charge on any atom is 0.131 e. The lowest BCUT2D eigenvalue weighted by atomic mass is 9.37. The first-order chi connectivity index (χ1) is 24.7. The molecule has 0 aromatic heterocycles. The molecule has 2 heteroatoms. The summed E-state index contributed by atoms with van der Waals surface area (Å²) in [5.41, 5.74) is 13.1. The van der Waals surface area contributed by atoms with E-state index in [0.717, 1.165) is 35.2 Å². The van der Waals surface area contributed by atoms with Crippen molar-refractivity contribution in [1.29, 1.82) is 0 Å². The van der Waals surface area contributed by atoms with Crippen LogP contribution in [0.2, 0.25) is 0 Å². The lowest BCUT2D eigenvalue weighted by Crippen LogP contribution is -2.64. The predicted octanol–water partition coefficient (Wildman–Crippen LogP) is 13.0. The van der Waals surface area contributed by atoms with Gasteiger partial charge in [-0.2, -0.15) is 0 Å².